The van der Waals surface area contributed by atoms with Crippen LogP contribution >= 0.6 is 12.2 Å². The molecule has 1 heterocycles. The van der Waals surface area contributed by atoms with Gasteiger partial charge in [-0.15, -0.1) is 0 Å². The monoisotopic (exact) mass is 259 g/mol. The number of carbonyl (C=O) groups excluding carboxylic acids is 1. The number of carbonyl (C=O) groups is 1. The van der Waals surface area contributed by atoms with Crippen molar-refractivity contribution in [3.05, 3.63) is 0 Å². The molecule has 0 aromatic heterocycles. The molecule has 3 N–H and O–H groups in total. The highest BCUT2D eigenvalue weighted by Gasteiger charge is 2.24. The molecule has 1 unspecified atom stereocenters. The first kappa shape index (κ1) is 14.3. The minimum absolute atomic E-state index is 0.0832. The van der Waals surface area contributed by atoms with Gasteiger partial charge in [-0.05, 0) is 18.9 Å². The first-order valence-electron chi connectivity index (χ1n) is 5.88. The summed E-state index contributed by atoms with van der Waals surface area (Å²) in [6.45, 7) is 2.91. The molecule has 1 aliphatic rings. The molecule has 17 heavy (non-hydrogen) atoms. The molecule has 0 bridgehead atoms. The number of nitrogens with zero attached hydrogens (tertiary/aromatic N) is 2. The van der Waals surface area contributed by atoms with Gasteiger partial charge in [-0.25, -0.2) is 0 Å². The molecule has 0 radical (unpaired) electrons. The molecule has 1 amide bonds. The summed E-state index contributed by atoms with van der Waals surface area (Å²) in [5, 5.41) is 9.02. The molecular formula is C11H21N3O2S. The van der Waals surface area contributed by atoms with Crippen LogP contribution in [0.25, 0.3) is 0 Å². The number of amides is 1. The van der Waals surface area contributed by atoms with Gasteiger partial charge in [-0.3, -0.25) is 9.69 Å². The zero-order valence-electron chi connectivity index (χ0n) is 10.3. The van der Waals surface area contributed by atoms with E-state index in [0.29, 0.717) is 30.4 Å². The number of thiocarbonyl (C=S) groups is 1. The third kappa shape index (κ3) is 4.97. The number of hydrogen-bond donors (Lipinski definition) is 2. The Balaban J connectivity index is 2.26. The van der Waals surface area contributed by atoms with Gasteiger partial charge >= 0.3 is 0 Å². The molecule has 1 aliphatic heterocycles. The maximum absolute atomic E-state index is 11.8. The second-order valence-electron chi connectivity index (χ2n) is 4.60. The van der Waals surface area contributed by atoms with Gasteiger partial charge in [0.25, 0.3) is 0 Å². The average molecular weight is 259 g/mol. The Hall–Kier alpha value is -0.720. The van der Waals surface area contributed by atoms with Crippen LogP contribution in [-0.2, 0) is 4.79 Å². The molecule has 0 aromatic rings. The van der Waals surface area contributed by atoms with Crippen LogP contribution in [0.15, 0.2) is 0 Å². The molecule has 98 valence electrons. The number of hydrogen-bond acceptors (Lipinski definition) is 4. The molecule has 1 rings (SSSR count). The zero-order chi connectivity index (χ0) is 12.8. The lowest BCUT2D eigenvalue weighted by molar-refractivity contribution is -0.130. The van der Waals surface area contributed by atoms with E-state index in [9.17, 15) is 4.79 Å². The predicted octanol–water partition coefficient (Wildman–Crippen LogP) is -0.565. The van der Waals surface area contributed by atoms with Crippen molar-refractivity contribution in [3.63, 3.8) is 0 Å². The van der Waals surface area contributed by atoms with Crippen LogP contribution in [0.2, 0.25) is 0 Å². The van der Waals surface area contributed by atoms with Gasteiger partial charge < -0.3 is 15.7 Å². The van der Waals surface area contributed by atoms with Crippen molar-refractivity contribution in [3.8, 4) is 0 Å². The standard InChI is InChI=1S/C11H21N3O2S/c1-13(4-3-10(12)17)11(16)7-14-5-2-9(6-14)8-15/h9,15H,2-8H2,1H3,(H2,12,17). The molecule has 0 aliphatic carbocycles. The number of aliphatic hydroxyl groups is 1. The first-order valence-corrected chi connectivity index (χ1v) is 6.29. The normalized spacial score (nSPS) is 20.5. The summed E-state index contributed by atoms with van der Waals surface area (Å²) in [7, 11) is 1.76. The van der Waals surface area contributed by atoms with E-state index in [1.54, 1.807) is 11.9 Å². The van der Waals surface area contributed by atoms with Crippen LogP contribution in [0.5, 0.6) is 0 Å². The van der Waals surface area contributed by atoms with Crippen LogP contribution < -0.4 is 5.73 Å². The van der Waals surface area contributed by atoms with E-state index < -0.39 is 0 Å². The summed E-state index contributed by atoms with van der Waals surface area (Å²) < 4.78 is 0. The number of likely N-dealkylation sites (tertiary alicyclic amines) is 1. The topological polar surface area (TPSA) is 69.8 Å². The highest BCUT2D eigenvalue weighted by molar-refractivity contribution is 7.80. The fourth-order valence-electron chi connectivity index (χ4n) is 1.92. The fourth-order valence-corrected chi connectivity index (χ4v) is 2.01. The van der Waals surface area contributed by atoms with E-state index in [1.807, 2.05) is 0 Å². The zero-order valence-corrected chi connectivity index (χ0v) is 11.1. The number of nitrogens with two attached hydrogens (primary N) is 1. The molecule has 1 saturated heterocycles. The second-order valence-corrected chi connectivity index (χ2v) is 5.13. The first-order chi connectivity index (χ1) is 8.02. The van der Waals surface area contributed by atoms with Gasteiger partial charge in [0.15, 0.2) is 0 Å². The van der Waals surface area contributed by atoms with Gasteiger partial charge in [0.2, 0.25) is 5.91 Å². The Morgan fingerprint density at radius 2 is 2.35 bits per heavy atom. The van der Waals surface area contributed by atoms with E-state index >= 15 is 0 Å². The van der Waals surface area contributed by atoms with Crippen molar-refractivity contribution >= 4 is 23.1 Å². The number of rotatable bonds is 6. The number of likely N-dealkylation sites (N-methyl/N-ethyl adjacent to an activating group) is 1. The van der Waals surface area contributed by atoms with Crippen molar-refractivity contribution in [2.24, 2.45) is 11.7 Å². The van der Waals surface area contributed by atoms with E-state index in [2.05, 4.69) is 4.90 Å². The van der Waals surface area contributed by atoms with Crippen molar-refractivity contribution in [2.75, 3.05) is 39.8 Å². The molecule has 1 fully saturated rings. The Labute approximate surface area is 108 Å². The van der Waals surface area contributed by atoms with E-state index in [0.717, 1.165) is 19.5 Å². The Morgan fingerprint density at radius 1 is 1.65 bits per heavy atom. The third-order valence-corrected chi connectivity index (χ3v) is 3.31. The summed E-state index contributed by atoms with van der Waals surface area (Å²) >= 11 is 4.78. The molecule has 0 spiro atoms. The van der Waals surface area contributed by atoms with Gasteiger partial charge in [-0.1, -0.05) is 12.2 Å². The highest BCUT2D eigenvalue weighted by atomic mass is 32.1. The van der Waals surface area contributed by atoms with E-state index in [4.69, 9.17) is 23.1 Å². The van der Waals surface area contributed by atoms with Crippen molar-refractivity contribution in [1.82, 2.24) is 9.80 Å². The van der Waals surface area contributed by atoms with Crippen LogP contribution in [0.3, 0.4) is 0 Å². The SMILES string of the molecule is CN(CCC(N)=S)C(=O)CN1CCC(CO)C1. The van der Waals surface area contributed by atoms with Gasteiger partial charge in [0.1, 0.15) is 0 Å². The molecule has 6 heteroatoms. The Morgan fingerprint density at radius 3 is 2.88 bits per heavy atom. The van der Waals surface area contributed by atoms with Crippen molar-refractivity contribution < 1.29 is 9.90 Å². The maximum Gasteiger partial charge on any atom is 0.236 e. The minimum Gasteiger partial charge on any atom is -0.396 e. The van der Waals surface area contributed by atoms with Crippen molar-refractivity contribution in [2.45, 2.75) is 12.8 Å². The van der Waals surface area contributed by atoms with Crippen LogP contribution in [-0.4, -0.2) is 65.6 Å². The molecule has 1 atom stereocenters. The summed E-state index contributed by atoms with van der Waals surface area (Å²) in [6, 6.07) is 0. The molecule has 0 saturated carbocycles. The molecular weight excluding hydrogens is 238 g/mol. The summed E-state index contributed by atoms with van der Waals surface area (Å²) in [5.74, 6) is 0.407. The summed E-state index contributed by atoms with van der Waals surface area (Å²) in [4.78, 5) is 16.0. The van der Waals surface area contributed by atoms with Gasteiger partial charge in [-0.2, -0.15) is 0 Å². The quantitative estimate of drug-likeness (QED) is 0.626. The van der Waals surface area contributed by atoms with Gasteiger partial charge in [0.05, 0.1) is 11.5 Å². The van der Waals surface area contributed by atoms with Crippen LogP contribution in [0.4, 0.5) is 0 Å². The lowest BCUT2D eigenvalue weighted by Crippen LogP contribution is -2.38. The molecule has 5 nitrogen and oxygen atoms in total. The second kappa shape index (κ2) is 6.88. The Bertz CT molecular complexity index is 286. The average Bonchev–Trinajstić information content (AvgIpc) is 2.73. The van der Waals surface area contributed by atoms with Crippen LogP contribution in [0.1, 0.15) is 12.8 Å². The van der Waals surface area contributed by atoms with E-state index in [-0.39, 0.29) is 12.5 Å². The highest BCUT2D eigenvalue weighted by Crippen LogP contribution is 2.14. The lowest BCUT2D eigenvalue weighted by Gasteiger charge is -2.21. The summed E-state index contributed by atoms with van der Waals surface area (Å²) in [6.07, 6.45) is 1.54. The third-order valence-electron chi connectivity index (χ3n) is 3.11. The minimum atomic E-state index is 0.0832. The smallest absolute Gasteiger partial charge is 0.236 e. The van der Waals surface area contributed by atoms with Crippen molar-refractivity contribution in [1.29, 1.82) is 0 Å². The number of aliphatic hydroxyl groups excluding tert-OH is 1. The van der Waals surface area contributed by atoms with Crippen LogP contribution in [0, 0.1) is 5.92 Å². The lowest BCUT2D eigenvalue weighted by atomic mass is 10.1. The van der Waals surface area contributed by atoms with E-state index in [1.165, 1.54) is 0 Å². The largest absolute Gasteiger partial charge is 0.396 e. The Kier molecular flexibility index (Phi) is 5.80. The summed E-state index contributed by atoms with van der Waals surface area (Å²) in [5.41, 5.74) is 5.40. The van der Waals surface area contributed by atoms with Gasteiger partial charge in [0, 0.05) is 33.2 Å². The molecule has 0 aromatic carbocycles. The maximum atomic E-state index is 11.8. The predicted molar refractivity (Wildman–Crippen MR) is 70.7 cm³/mol. The fraction of sp³-hybridized carbons (Fsp3) is 0.818.